The van der Waals surface area contributed by atoms with Crippen LogP contribution in [0.3, 0.4) is 0 Å². The van der Waals surface area contributed by atoms with Crippen LogP contribution < -0.4 is 0 Å². The second-order valence-electron chi connectivity index (χ2n) is 6.95. The van der Waals surface area contributed by atoms with Gasteiger partial charge in [-0.25, -0.2) is 0 Å². The fourth-order valence-corrected chi connectivity index (χ4v) is 2.98. The molecular formula is C20H34O6. The molecule has 26 heavy (non-hydrogen) atoms. The molecule has 0 aromatic carbocycles. The summed E-state index contributed by atoms with van der Waals surface area (Å²) in [5.41, 5.74) is 0. The topological polar surface area (TPSA) is 107 Å². The van der Waals surface area contributed by atoms with Gasteiger partial charge in [0.15, 0.2) is 0 Å². The molecule has 150 valence electrons. The molecule has 1 saturated heterocycles. The van der Waals surface area contributed by atoms with Gasteiger partial charge in [0.2, 0.25) is 0 Å². The highest BCUT2D eigenvalue weighted by Crippen LogP contribution is 2.26. The zero-order chi connectivity index (χ0) is 19.4. The van der Waals surface area contributed by atoms with Crippen molar-refractivity contribution in [1.82, 2.24) is 0 Å². The maximum absolute atomic E-state index is 10.4. The van der Waals surface area contributed by atoms with E-state index in [0.29, 0.717) is 32.1 Å². The number of allylic oxidation sites excluding steroid dienone is 1. The average molecular weight is 370 g/mol. The third kappa shape index (κ3) is 9.48. The van der Waals surface area contributed by atoms with Crippen LogP contribution in [0.1, 0.15) is 64.7 Å². The number of hydrogen-bond acceptors (Lipinski definition) is 5. The van der Waals surface area contributed by atoms with Gasteiger partial charge in [0.05, 0.1) is 30.5 Å². The van der Waals surface area contributed by atoms with Gasteiger partial charge < -0.3 is 25.2 Å². The highest BCUT2D eigenvalue weighted by molar-refractivity contribution is 5.66. The van der Waals surface area contributed by atoms with Gasteiger partial charge in [-0.15, -0.1) is 0 Å². The molecule has 6 heteroatoms. The van der Waals surface area contributed by atoms with Gasteiger partial charge in [0.1, 0.15) is 0 Å². The summed E-state index contributed by atoms with van der Waals surface area (Å²) in [4.78, 5) is 10.4. The fraction of sp³-hybridized carbons (Fsp3) is 0.750. The van der Waals surface area contributed by atoms with E-state index in [1.165, 1.54) is 0 Å². The summed E-state index contributed by atoms with van der Waals surface area (Å²) in [5, 5.41) is 38.7. The predicted molar refractivity (Wildman–Crippen MR) is 99.8 cm³/mol. The maximum atomic E-state index is 10.4. The lowest BCUT2D eigenvalue weighted by Crippen LogP contribution is -2.24. The van der Waals surface area contributed by atoms with Crippen LogP contribution in [0.5, 0.6) is 0 Å². The smallest absolute Gasteiger partial charge is 0.303 e. The molecule has 0 aliphatic carbocycles. The van der Waals surface area contributed by atoms with Crippen LogP contribution in [0.4, 0.5) is 0 Å². The van der Waals surface area contributed by atoms with Gasteiger partial charge in [-0.1, -0.05) is 50.5 Å². The monoisotopic (exact) mass is 370 g/mol. The third-order valence-corrected chi connectivity index (χ3v) is 4.56. The summed E-state index contributed by atoms with van der Waals surface area (Å²) < 4.78 is 5.73. The summed E-state index contributed by atoms with van der Waals surface area (Å²) >= 11 is 0. The molecule has 1 aliphatic rings. The minimum absolute atomic E-state index is 0.151. The zero-order valence-electron chi connectivity index (χ0n) is 15.7. The van der Waals surface area contributed by atoms with Crippen molar-refractivity contribution in [3.05, 3.63) is 24.3 Å². The molecule has 0 aromatic heterocycles. The second kappa shape index (κ2) is 13.0. The average Bonchev–Trinajstić information content (AvgIpc) is 2.97. The maximum Gasteiger partial charge on any atom is 0.303 e. The molecule has 5 unspecified atom stereocenters. The SMILES string of the molecule is CCCCCC(O)/C=C/C(O)C1CC(O)C(C/C=C\CCCC(=O)O)O1. The number of hydrogen-bond donors (Lipinski definition) is 4. The predicted octanol–water partition coefficient (Wildman–Crippen LogP) is 2.56. The van der Waals surface area contributed by atoms with Crippen LogP contribution in [0.15, 0.2) is 24.3 Å². The Kier molecular flexibility index (Phi) is 11.4. The Morgan fingerprint density at radius 2 is 1.96 bits per heavy atom. The number of ether oxygens (including phenoxy) is 1. The van der Waals surface area contributed by atoms with Crippen molar-refractivity contribution < 1.29 is 30.0 Å². The van der Waals surface area contributed by atoms with Crippen molar-refractivity contribution >= 4 is 5.97 Å². The summed E-state index contributed by atoms with van der Waals surface area (Å²) in [7, 11) is 0. The number of carboxylic acids is 1. The summed E-state index contributed by atoms with van der Waals surface area (Å²) in [6.45, 7) is 2.11. The Labute approximate surface area is 156 Å². The lowest BCUT2D eigenvalue weighted by molar-refractivity contribution is -0.137. The van der Waals surface area contributed by atoms with E-state index in [-0.39, 0.29) is 12.5 Å². The van der Waals surface area contributed by atoms with Crippen molar-refractivity contribution in [2.24, 2.45) is 0 Å². The molecular weight excluding hydrogens is 336 g/mol. The first kappa shape index (κ1) is 22.8. The molecule has 1 heterocycles. The molecule has 1 rings (SSSR count). The van der Waals surface area contributed by atoms with Gasteiger partial charge in [0.25, 0.3) is 0 Å². The van der Waals surface area contributed by atoms with Gasteiger partial charge >= 0.3 is 5.97 Å². The Bertz CT molecular complexity index is 448. The highest BCUT2D eigenvalue weighted by Gasteiger charge is 2.36. The molecule has 1 fully saturated rings. The fourth-order valence-electron chi connectivity index (χ4n) is 2.98. The van der Waals surface area contributed by atoms with Crippen molar-refractivity contribution in [2.45, 2.75) is 95.2 Å². The molecule has 6 nitrogen and oxygen atoms in total. The van der Waals surface area contributed by atoms with E-state index in [4.69, 9.17) is 9.84 Å². The van der Waals surface area contributed by atoms with Gasteiger partial charge in [-0.05, 0) is 25.7 Å². The number of aliphatic carboxylic acids is 1. The van der Waals surface area contributed by atoms with Crippen LogP contribution in [0.2, 0.25) is 0 Å². The molecule has 0 amide bonds. The number of unbranched alkanes of at least 4 members (excludes halogenated alkanes) is 3. The second-order valence-corrected chi connectivity index (χ2v) is 6.95. The first-order valence-electron chi connectivity index (χ1n) is 9.68. The number of aliphatic hydroxyl groups excluding tert-OH is 3. The molecule has 0 bridgehead atoms. The molecule has 0 spiro atoms. The Balaban J connectivity index is 2.30. The minimum atomic E-state index is -0.852. The number of carbonyl (C=O) groups is 1. The van der Waals surface area contributed by atoms with E-state index in [1.807, 2.05) is 12.2 Å². The standard InChI is InChI=1S/C20H34O6/c1-2-3-6-9-15(21)12-13-16(22)19-14-17(23)18(26-19)10-7-4-5-8-11-20(24)25/h4,7,12-13,15-19,21-23H,2-3,5-6,8-11,14H2,1H3,(H,24,25)/b7-4-,13-12+. The minimum Gasteiger partial charge on any atom is -0.481 e. The van der Waals surface area contributed by atoms with E-state index in [9.17, 15) is 20.1 Å². The first-order chi connectivity index (χ1) is 12.4. The van der Waals surface area contributed by atoms with Gasteiger partial charge in [-0.2, -0.15) is 0 Å². The zero-order valence-corrected chi connectivity index (χ0v) is 15.7. The van der Waals surface area contributed by atoms with Gasteiger partial charge in [-0.3, -0.25) is 4.79 Å². The van der Waals surface area contributed by atoms with Crippen molar-refractivity contribution in [3.8, 4) is 0 Å². The van der Waals surface area contributed by atoms with Crippen molar-refractivity contribution in [3.63, 3.8) is 0 Å². The molecule has 0 aromatic rings. The van der Waals surface area contributed by atoms with E-state index in [1.54, 1.807) is 12.2 Å². The van der Waals surface area contributed by atoms with E-state index < -0.39 is 30.4 Å². The number of aliphatic hydroxyl groups is 3. The van der Waals surface area contributed by atoms with Crippen molar-refractivity contribution in [1.29, 1.82) is 0 Å². The van der Waals surface area contributed by atoms with Crippen LogP contribution in [-0.2, 0) is 9.53 Å². The van der Waals surface area contributed by atoms with E-state index in [0.717, 1.165) is 19.3 Å². The van der Waals surface area contributed by atoms with Crippen LogP contribution in [0, 0.1) is 0 Å². The van der Waals surface area contributed by atoms with Crippen LogP contribution >= 0.6 is 0 Å². The largest absolute Gasteiger partial charge is 0.481 e. The lowest BCUT2D eigenvalue weighted by Gasteiger charge is -2.16. The Morgan fingerprint density at radius 3 is 2.65 bits per heavy atom. The van der Waals surface area contributed by atoms with E-state index >= 15 is 0 Å². The lowest BCUT2D eigenvalue weighted by atomic mass is 10.0. The van der Waals surface area contributed by atoms with Gasteiger partial charge in [0, 0.05) is 12.8 Å². The van der Waals surface area contributed by atoms with Crippen LogP contribution in [0.25, 0.3) is 0 Å². The van der Waals surface area contributed by atoms with E-state index in [2.05, 4.69) is 6.92 Å². The van der Waals surface area contributed by atoms with Crippen LogP contribution in [-0.4, -0.2) is 56.9 Å². The number of carboxylic acid groups (broad SMARTS) is 1. The third-order valence-electron chi connectivity index (χ3n) is 4.56. The Hall–Kier alpha value is -1.21. The number of rotatable bonds is 13. The molecule has 1 aliphatic heterocycles. The molecule has 0 radical (unpaired) electrons. The summed E-state index contributed by atoms with van der Waals surface area (Å²) in [5.74, 6) is -0.798. The molecule has 4 N–H and O–H groups in total. The Morgan fingerprint density at radius 1 is 1.19 bits per heavy atom. The van der Waals surface area contributed by atoms with Crippen molar-refractivity contribution in [2.75, 3.05) is 0 Å². The quantitative estimate of drug-likeness (QED) is 0.293. The summed E-state index contributed by atoms with van der Waals surface area (Å²) in [6.07, 6.45) is 10.2. The first-order valence-corrected chi connectivity index (χ1v) is 9.68. The normalized spacial score (nSPS) is 25.9. The highest BCUT2D eigenvalue weighted by atomic mass is 16.5. The summed E-state index contributed by atoms with van der Waals surface area (Å²) in [6, 6.07) is 0. The molecule has 5 atom stereocenters. The molecule has 0 saturated carbocycles.